The number of benzene rings is 1. The van der Waals surface area contributed by atoms with E-state index in [1.54, 1.807) is 0 Å². The van der Waals surface area contributed by atoms with Gasteiger partial charge in [-0.2, -0.15) is 5.10 Å². The van der Waals surface area contributed by atoms with Crippen LogP contribution in [0.3, 0.4) is 0 Å². The average molecular weight is 563 g/mol. The summed E-state index contributed by atoms with van der Waals surface area (Å²) in [4.78, 5) is 23.6. The fourth-order valence-electron chi connectivity index (χ4n) is 6.88. The Morgan fingerprint density at radius 2 is 1.65 bits per heavy atom. The highest BCUT2D eigenvalue weighted by molar-refractivity contribution is 7.89. The number of sulfonamides is 1. The lowest BCUT2D eigenvalue weighted by Crippen LogP contribution is -2.38. The van der Waals surface area contributed by atoms with E-state index in [1.165, 1.54) is 38.9 Å². The summed E-state index contributed by atoms with van der Waals surface area (Å²) < 4.78 is 28.2. The molecular weight excluding hydrogens is 524 g/mol. The Labute approximate surface area is 236 Å². The molecule has 10 heteroatoms. The minimum Gasteiger partial charge on any atom is -0.371 e. The van der Waals surface area contributed by atoms with Crippen LogP contribution in [-0.2, 0) is 10.0 Å². The zero-order valence-corrected chi connectivity index (χ0v) is 23.9. The molecule has 0 unspecified atom stereocenters. The van der Waals surface area contributed by atoms with Gasteiger partial charge in [0.2, 0.25) is 10.0 Å². The van der Waals surface area contributed by atoms with Crippen LogP contribution in [0.25, 0.3) is 16.7 Å². The van der Waals surface area contributed by atoms with E-state index in [9.17, 15) is 13.2 Å². The Balaban J connectivity index is 1.32. The highest BCUT2D eigenvalue weighted by Gasteiger charge is 2.36. The van der Waals surface area contributed by atoms with Crippen molar-refractivity contribution in [1.82, 2.24) is 24.0 Å². The number of hydrogen-bond acceptors (Lipinski definition) is 7. The molecule has 0 spiro atoms. The first kappa shape index (κ1) is 26.0. The van der Waals surface area contributed by atoms with Gasteiger partial charge < -0.3 is 9.80 Å². The molecule has 5 heterocycles. The second-order valence-corrected chi connectivity index (χ2v) is 14.0. The number of piperidine rings is 1. The molecule has 7 rings (SSSR count). The second kappa shape index (κ2) is 10.4. The summed E-state index contributed by atoms with van der Waals surface area (Å²) in [5.41, 5.74) is 3.75. The molecule has 0 N–H and O–H groups in total. The van der Waals surface area contributed by atoms with Crippen LogP contribution >= 0.6 is 0 Å². The number of carbonyl (C=O) groups is 1. The lowest BCUT2D eigenvalue weighted by molar-refractivity contribution is 0.0865. The summed E-state index contributed by atoms with van der Waals surface area (Å²) in [7, 11) is -3.61. The van der Waals surface area contributed by atoms with Gasteiger partial charge >= 0.3 is 0 Å². The van der Waals surface area contributed by atoms with Crippen LogP contribution < -0.4 is 4.90 Å². The van der Waals surface area contributed by atoms with Gasteiger partial charge in [0.25, 0.3) is 5.91 Å². The van der Waals surface area contributed by atoms with Gasteiger partial charge in [0.1, 0.15) is 5.69 Å². The van der Waals surface area contributed by atoms with E-state index >= 15 is 0 Å². The maximum atomic E-state index is 13.7. The van der Waals surface area contributed by atoms with Crippen molar-refractivity contribution < 1.29 is 13.2 Å². The van der Waals surface area contributed by atoms with E-state index in [4.69, 9.17) is 10.1 Å². The highest BCUT2D eigenvalue weighted by atomic mass is 32.2. The summed E-state index contributed by atoms with van der Waals surface area (Å²) in [6, 6.07) is 11.8. The standard InChI is InChI=1S/C30H38N6O3S/c37-30(35-16-7-19-40(35,38)39)25-20-26(34-17-12-22(13-18-34)21-33-14-4-5-15-33)27-28(23-8-6-9-23)32-36(29(27)31-25)24-10-2-1-3-11-24/h1-3,10-11,20,22-23H,4-9,12-19,21H2. The van der Waals surface area contributed by atoms with Crippen LogP contribution in [0.2, 0.25) is 0 Å². The number of likely N-dealkylation sites (tertiary alicyclic amines) is 1. The second-order valence-electron chi connectivity index (χ2n) is 12.0. The molecule has 1 amide bonds. The maximum absolute atomic E-state index is 13.7. The molecule has 4 aliphatic rings. The molecule has 1 aromatic carbocycles. The number of para-hydroxylation sites is 1. The van der Waals surface area contributed by atoms with Crippen molar-refractivity contribution in [2.24, 2.45) is 5.92 Å². The molecule has 1 saturated carbocycles. The van der Waals surface area contributed by atoms with E-state index in [0.29, 0.717) is 23.9 Å². The van der Waals surface area contributed by atoms with Crippen LogP contribution in [0, 0.1) is 5.92 Å². The minimum atomic E-state index is -3.61. The van der Waals surface area contributed by atoms with Gasteiger partial charge in [-0.25, -0.2) is 22.4 Å². The fraction of sp³-hybridized carbons (Fsp3) is 0.567. The van der Waals surface area contributed by atoms with Crippen molar-refractivity contribution in [1.29, 1.82) is 0 Å². The predicted octanol–water partition coefficient (Wildman–Crippen LogP) is 4.18. The molecule has 212 valence electrons. The van der Waals surface area contributed by atoms with Gasteiger partial charge in [0.15, 0.2) is 5.65 Å². The largest absolute Gasteiger partial charge is 0.371 e. The molecule has 3 saturated heterocycles. The zero-order valence-electron chi connectivity index (χ0n) is 23.0. The molecule has 9 nitrogen and oxygen atoms in total. The van der Waals surface area contributed by atoms with Crippen molar-refractivity contribution in [2.75, 3.05) is 49.9 Å². The quantitative estimate of drug-likeness (QED) is 0.445. The molecule has 40 heavy (non-hydrogen) atoms. The van der Waals surface area contributed by atoms with Crippen molar-refractivity contribution in [2.45, 2.75) is 57.3 Å². The summed E-state index contributed by atoms with van der Waals surface area (Å²) in [5.74, 6) is 0.532. The van der Waals surface area contributed by atoms with Crippen LogP contribution in [-0.4, -0.2) is 83.3 Å². The van der Waals surface area contributed by atoms with Gasteiger partial charge in [-0.3, -0.25) is 4.79 Å². The summed E-state index contributed by atoms with van der Waals surface area (Å²) >= 11 is 0. The third-order valence-corrected chi connectivity index (χ3v) is 11.2. The first-order chi connectivity index (χ1) is 19.5. The normalized spacial score (nSPS) is 22.3. The van der Waals surface area contributed by atoms with E-state index in [0.717, 1.165) is 65.5 Å². The number of rotatable bonds is 6. The molecule has 3 aliphatic heterocycles. The maximum Gasteiger partial charge on any atom is 0.286 e. The van der Waals surface area contributed by atoms with Crippen molar-refractivity contribution >= 4 is 32.7 Å². The van der Waals surface area contributed by atoms with Crippen LogP contribution in [0.1, 0.15) is 73.5 Å². The smallest absolute Gasteiger partial charge is 0.286 e. The Kier molecular flexibility index (Phi) is 6.78. The van der Waals surface area contributed by atoms with Crippen LogP contribution in [0.4, 0.5) is 5.69 Å². The third kappa shape index (κ3) is 4.68. The van der Waals surface area contributed by atoms with Gasteiger partial charge in [-0.15, -0.1) is 0 Å². The van der Waals surface area contributed by atoms with Gasteiger partial charge in [0, 0.05) is 32.1 Å². The zero-order chi connectivity index (χ0) is 27.3. The van der Waals surface area contributed by atoms with E-state index < -0.39 is 15.9 Å². The van der Waals surface area contributed by atoms with E-state index in [-0.39, 0.29) is 18.0 Å². The Hall–Kier alpha value is -2.98. The molecule has 0 bridgehead atoms. The molecule has 0 radical (unpaired) electrons. The van der Waals surface area contributed by atoms with Gasteiger partial charge in [-0.05, 0) is 82.2 Å². The highest BCUT2D eigenvalue weighted by Crippen LogP contribution is 2.43. The van der Waals surface area contributed by atoms with Crippen molar-refractivity contribution in [3.8, 4) is 5.69 Å². The number of nitrogens with zero attached hydrogens (tertiary/aromatic N) is 6. The minimum absolute atomic E-state index is 0.00610. The van der Waals surface area contributed by atoms with E-state index in [1.807, 2.05) is 41.1 Å². The third-order valence-electron chi connectivity index (χ3n) is 9.35. The van der Waals surface area contributed by atoms with Crippen molar-refractivity contribution in [3.05, 3.63) is 47.8 Å². The monoisotopic (exact) mass is 562 g/mol. The number of pyridine rings is 1. The molecule has 3 aromatic rings. The summed E-state index contributed by atoms with van der Waals surface area (Å²) in [5, 5.41) is 6.15. The number of anilines is 1. The number of carbonyl (C=O) groups excluding carboxylic acids is 1. The van der Waals surface area contributed by atoms with Gasteiger partial charge in [-0.1, -0.05) is 24.6 Å². The molecule has 2 aromatic heterocycles. The SMILES string of the molecule is O=C(c1cc(N2CCC(CN3CCCC3)CC2)c2c(C3CCC3)nn(-c3ccccc3)c2n1)N1CCCS1(=O)=O. The fourth-order valence-corrected chi connectivity index (χ4v) is 8.35. The molecule has 1 aliphatic carbocycles. The Morgan fingerprint density at radius 1 is 0.900 bits per heavy atom. The topological polar surface area (TPSA) is 91.6 Å². The van der Waals surface area contributed by atoms with Gasteiger partial charge in [0.05, 0.1) is 28.2 Å². The first-order valence-electron chi connectivity index (χ1n) is 15.0. The number of amides is 1. The Bertz CT molecular complexity index is 1500. The lowest BCUT2D eigenvalue weighted by atomic mass is 9.81. The lowest BCUT2D eigenvalue weighted by Gasteiger charge is -2.36. The summed E-state index contributed by atoms with van der Waals surface area (Å²) in [6.07, 6.45) is 8.70. The Morgan fingerprint density at radius 3 is 2.30 bits per heavy atom. The summed E-state index contributed by atoms with van der Waals surface area (Å²) in [6.45, 7) is 5.65. The predicted molar refractivity (Wildman–Crippen MR) is 156 cm³/mol. The van der Waals surface area contributed by atoms with Crippen LogP contribution in [0.5, 0.6) is 0 Å². The average Bonchev–Trinajstić information content (AvgIpc) is 3.67. The van der Waals surface area contributed by atoms with Crippen molar-refractivity contribution in [3.63, 3.8) is 0 Å². The molecule has 4 fully saturated rings. The number of hydrogen-bond donors (Lipinski definition) is 0. The number of aromatic nitrogens is 3. The van der Waals surface area contributed by atoms with E-state index in [2.05, 4.69) is 9.80 Å². The van der Waals surface area contributed by atoms with Crippen LogP contribution in [0.15, 0.2) is 36.4 Å². The molecule has 0 atom stereocenters. The first-order valence-corrected chi connectivity index (χ1v) is 16.6. The molecular formula is C30H38N6O3S. The number of fused-ring (bicyclic) bond motifs is 1.